The SMILES string of the molecule is CC(O)c1cccc(CC(F)(F)F)c1. The van der Waals surface area contributed by atoms with Crippen LogP contribution in [0.25, 0.3) is 0 Å². The van der Waals surface area contributed by atoms with E-state index >= 15 is 0 Å². The number of aliphatic hydroxyl groups excluding tert-OH is 1. The molecule has 1 aromatic rings. The first-order valence-electron chi connectivity index (χ1n) is 4.22. The zero-order valence-corrected chi connectivity index (χ0v) is 7.67. The molecule has 0 saturated heterocycles. The van der Waals surface area contributed by atoms with Crippen LogP contribution in [-0.2, 0) is 6.42 Å². The highest BCUT2D eigenvalue weighted by Crippen LogP contribution is 2.23. The number of halogens is 3. The second-order valence-electron chi connectivity index (χ2n) is 3.21. The minimum atomic E-state index is -4.20. The smallest absolute Gasteiger partial charge is 0.389 e. The molecule has 1 unspecified atom stereocenters. The van der Waals surface area contributed by atoms with E-state index in [1.54, 1.807) is 6.07 Å². The van der Waals surface area contributed by atoms with Gasteiger partial charge in [-0.1, -0.05) is 24.3 Å². The Kier molecular flexibility index (Phi) is 3.16. The maximum absolute atomic E-state index is 12.0. The summed E-state index contributed by atoms with van der Waals surface area (Å²) in [7, 11) is 0. The first kappa shape index (κ1) is 11.0. The number of benzene rings is 1. The summed E-state index contributed by atoms with van der Waals surface area (Å²) in [5, 5.41) is 9.17. The van der Waals surface area contributed by atoms with Gasteiger partial charge in [0.2, 0.25) is 0 Å². The van der Waals surface area contributed by atoms with Gasteiger partial charge in [-0.25, -0.2) is 0 Å². The van der Waals surface area contributed by atoms with Crippen LogP contribution in [0.3, 0.4) is 0 Å². The number of hydrogen-bond acceptors (Lipinski definition) is 1. The number of aliphatic hydroxyl groups is 1. The van der Waals surface area contributed by atoms with Crippen molar-refractivity contribution in [3.8, 4) is 0 Å². The van der Waals surface area contributed by atoms with E-state index in [4.69, 9.17) is 5.11 Å². The van der Waals surface area contributed by atoms with Crippen molar-refractivity contribution in [3.05, 3.63) is 35.4 Å². The van der Waals surface area contributed by atoms with Crippen LogP contribution < -0.4 is 0 Å². The summed E-state index contributed by atoms with van der Waals surface area (Å²) < 4.78 is 36.0. The molecule has 0 aliphatic heterocycles. The summed E-state index contributed by atoms with van der Waals surface area (Å²) in [4.78, 5) is 0. The van der Waals surface area contributed by atoms with E-state index in [0.29, 0.717) is 5.56 Å². The predicted molar refractivity (Wildman–Crippen MR) is 46.8 cm³/mol. The van der Waals surface area contributed by atoms with Crippen molar-refractivity contribution in [2.45, 2.75) is 25.6 Å². The third-order valence-corrected chi connectivity index (χ3v) is 1.84. The summed E-state index contributed by atoms with van der Waals surface area (Å²) >= 11 is 0. The van der Waals surface area contributed by atoms with Crippen LogP contribution in [0.2, 0.25) is 0 Å². The number of alkyl halides is 3. The van der Waals surface area contributed by atoms with Gasteiger partial charge >= 0.3 is 6.18 Å². The lowest BCUT2D eigenvalue weighted by Gasteiger charge is -2.09. The van der Waals surface area contributed by atoms with Crippen LogP contribution >= 0.6 is 0 Å². The summed E-state index contributed by atoms with van der Waals surface area (Å²) in [6, 6.07) is 5.89. The van der Waals surface area contributed by atoms with Crippen molar-refractivity contribution in [2.75, 3.05) is 0 Å². The van der Waals surface area contributed by atoms with E-state index in [-0.39, 0.29) is 5.56 Å². The summed E-state index contributed by atoms with van der Waals surface area (Å²) in [5.74, 6) is 0. The summed E-state index contributed by atoms with van der Waals surface area (Å²) in [5.41, 5.74) is 0.683. The molecular formula is C10H11F3O. The van der Waals surface area contributed by atoms with Gasteiger partial charge in [0.25, 0.3) is 0 Å². The maximum Gasteiger partial charge on any atom is 0.393 e. The van der Waals surface area contributed by atoms with Crippen LogP contribution in [-0.4, -0.2) is 11.3 Å². The Morgan fingerprint density at radius 2 is 2.00 bits per heavy atom. The molecule has 14 heavy (non-hydrogen) atoms. The van der Waals surface area contributed by atoms with Gasteiger partial charge in [-0.15, -0.1) is 0 Å². The molecule has 0 spiro atoms. The fraction of sp³-hybridized carbons (Fsp3) is 0.400. The van der Waals surface area contributed by atoms with Crippen molar-refractivity contribution >= 4 is 0 Å². The molecule has 4 heteroatoms. The third-order valence-electron chi connectivity index (χ3n) is 1.84. The van der Waals surface area contributed by atoms with Crippen LogP contribution in [0, 0.1) is 0 Å². The fourth-order valence-electron chi connectivity index (χ4n) is 1.19. The van der Waals surface area contributed by atoms with Crippen LogP contribution in [0.4, 0.5) is 13.2 Å². The molecule has 1 N–H and O–H groups in total. The zero-order valence-electron chi connectivity index (χ0n) is 7.67. The molecule has 1 nitrogen and oxygen atoms in total. The number of rotatable bonds is 2. The molecule has 0 amide bonds. The molecule has 0 aromatic heterocycles. The van der Waals surface area contributed by atoms with Gasteiger partial charge in [-0.2, -0.15) is 13.2 Å². The van der Waals surface area contributed by atoms with Gasteiger partial charge in [0.15, 0.2) is 0 Å². The van der Waals surface area contributed by atoms with Crippen molar-refractivity contribution in [1.29, 1.82) is 0 Å². The molecule has 1 aromatic carbocycles. The van der Waals surface area contributed by atoms with Crippen molar-refractivity contribution in [3.63, 3.8) is 0 Å². The highest BCUT2D eigenvalue weighted by Gasteiger charge is 2.27. The minimum Gasteiger partial charge on any atom is -0.389 e. The first-order chi connectivity index (χ1) is 6.38. The molecule has 1 atom stereocenters. The lowest BCUT2D eigenvalue weighted by atomic mass is 10.1. The third kappa shape index (κ3) is 3.38. The average molecular weight is 204 g/mol. The first-order valence-corrected chi connectivity index (χ1v) is 4.22. The fourth-order valence-corrected chi connectivity index (χ4v) is 1.19. The van der Waals surface area contributed by atoms with Gasteiger partial charge in [-0.3, -0.25) is 0 Å². The van der Waals surface area contributed by atoms with Crippen LogP contribution in [0.15, 0.2) is 24.3 Å². The summed E-state index contributed by atoms with van der Waals surface area (Å²) in [6.07, 6.45) is -5.88. The second-order valence-corrected chi connectivity index (χ2v) is 3.21. The molecule has 0 saturated carbocycles. The normalized spacial score (nSPS) is 14.1. The lowest BCUT2D eigenvalue weighted by molar-refractivity contribution is -0.127. The van der Waals surface area contributed by atoms with Gasteiger partial charge in [0.05, 0.1) is 12.5 Å². The van der Waals surface area contributed by atoms with Crippen molar-refractivity contribution in [2.24, 2.45) is 0 Å². The number of hydrogen-bond donors (Lipinski definition) is 1. The van der Waals surface area contributed by atoms with Crippen LogP contribution in [0.5, 0.6) is 0 Å². The van der Waals surface area contributed by atoms with Gasteiger partial charge in [0.1, 0.15) is 0 Å². The quantitative estimate of drug-likeness (QED) is 0.785. The van der Waals surface area contributed by atoms with Gasteiger partial charge < -0.3 is 5.11 Å². The Bertz CT molecular complexity index is 304. The molecule has 0 bridgehead atoms. The second kappa shape index (κ2) is 4.00. The molecule has 78 valence electrons. The Hall–Kier alpha value is -1.03. The molecule has 1 rings (SSSR count). The highest BCUT2D eigenvalue weighted by atomic mass is 19.4. The molecule has 0 aliphatic carbocycles. The largest absolute Gasteiger partial charge is 0.393 e. The van der Waals surface area contributed by atoms with Gasteiger partial charge in [0, 0.05) is 0 Å². The Morgan fingerprint density at radius 3 is 2.50 bits per heavy atom. The molecule has 0 radical (unpaired) electrons. The average Bonchev–Trinajstić information content (AvgIpc) is 2.01. The maximum atomic E-state index is 12.0. The lowest BCUT2D eigenvalue weighted by Crippen LogP contribution is -2.11. The van der Waals surface area contributed by atoms with E-state index < -0.39 is 18.7 Å². The Balaban J connectivity index is 2.84. The van der Waals surface area contributed by atoms with Crippen molar-refractivity contribution < 1.29 is 18.3 Å². The van der Waals surface area contributed by atoms with E-state index in [1.807, 2.05) is 0 Å². The Labute approximate surface area is 80.2 Å². The highest BCUT2D eigenvalue weighted by molar-refractivity contribution is 5.25. The van der Waals surface area contributed by atoms with E-state index in [9.17, 15) is 13.2 Å². The Morgan fingerprint density at radius 1 is 1.36 bits per heavy atom. The standard InChI is InChI=1S/C10H11F3O/c1-7(14)9-4-2-3-8(5-9)6-10(11,12)13/h2-5,7,14H,6H2,1H3. The zero-order chi connectivity index (χ0) is 10.8. The predicted octanol–water partition coefficient (Wildman–Crippen LogP) is 2.84. The molecule has 0 heterocycles. The van der Waals surface area contributed by atoms with Gasteiger partial charge in [-0.05, 0) is 18.1 Å². The molecule has 0 fully saturated rings. The van der Waals surface area contributed by atoms with E-state index in [2.05, 4.69) is 0 Å². The topological polar surface area (TPSA) is 20.2 Å². The van der Waals surface area contributed by atoms with E-state index in [1.165, 1.54) is 25.1 Å². The minimum absolute atomic E-state index is 0.177. The van der Waals surface area contributed by atoms with Crippen molar-refractivity contribution in [1.82, 2.24) is 0 Å². The monoisotopic (exact) mass is 204 g/mol. The van der Waals surface area contributed by atoms with E-state index in [0.717, 1.165) is 0 Å². The molecule has 0 aliphatic rings. The summed E-state index contributed by atoms with van der Waals surface area (Å²) in [6.45, 7) is 1.52. The van der Waals surface area contributed by atoms with Crippen LogP contribution in [0.1, 0.15) is 24.2 Å². The molecular weight excluding hydrogens is 193 g/mol.